The number of amides is 1. The van der Waals surface area contributed by atoms with Crippen LogP contribution in [-0.4, -0.2) is 70.4 Å². The Balaban J connectivity index is 0.000000938. The Hall–Kier alpha value is -3.63. The molecule has 0 unspecified atom stereocenters. The van der Waals surface area contributed by atoms with Crippen molar-refractivity contribution in [2.45, 2.75) is 131 Å². The highest BCUT2D eigenvalue weighted by molar-refractivity contribution is 5.83. The minimum absolute atomic E-state index is 0.0266. The number of hydrogen-bond donors (Lipinski definition) is 0. The van der Waals surface area contributed by atoms with E-state index in [4.69, 9.17) is 23.7 Å². The first-order chi connectivity index (χ1) is 19.8. The lowest BCUT2D eigenvalue weighted by molar-refractivity contribution is -0.160. The van der Waals surface area contributed by atoms with E-state index in [9.17, 15) is 24.0 Å². The Bertz CT molecular complexity index is 1010. The van der Waals surface area contributed by atoms with Gasteiger partial charge in [-0.3, -0.25) is 24.1 Å². The quantitative estimate of drug-likeness (QED) is 0.221. The fourth-order valence-electron chi connectivity index (χ4n) is 3.22. The molecule has 0 aromatic heterocycles. The van der Waals surface area contributed by atoms with Crippen LogP contribution in [0, 0.1) is 0 Å². The van der Waals surface area contributed by atoms with Crippen molar-refractivity contribution in [1.82, 2.24) is 4.90 Å². The Morgan fingerprint density at radius 2 is 0.886 bits per heavy atom. The van der Waals surface area contributed by atoms with Crippen LogP contribution in [0.25, 0.3) is 0 Å². The van der Waals surface area contributed by atoms with E-state index in [0.717, 1.165) is 10.5 Å². The molecule has 0 atom stereocenters. The molecule has 0 spiro atoms. The highest BCUT2D eigenvalue weighted by Gasteiger charge is 2.27. The van der Waals surface area contributed by atoms with Crippen LogP contribution in [0.2, 0.25) is 0 Å². The van der Waals surface area contributed by atoms with E-state index < -0.39 is 53.5 Å². The second-order valence-corrected chi connectivity index (χ2v) is 14.1. The van der Waals surface area contributed by atoms with E-state index in [1.54, 1.807) is 53.7 Å². The lowest BCUT2D eigenvalue weighted by atomic mass is 10.1. The van der Waals surface area contributed by atoms with Crippen molar-refractivity contribution in [1.29, 1.82) is 0 Å². The topological polar surface area (TPSA) is 135 Å². The van der Waals surface area contributed by atoms with Gasteiger partial charge in [-0.25, -0.2) is 4.79 Å². The largest absolute Gasteiger partial charge is 0.460 e. The number of nitrogens with zero attached hydrogens (tertiary/aromatic N) is 1. The van der Waals surface area contributed by atoms with Crippen molar-refractivity contribution in [3.8, 4) is 0 Å². The van der Waals surface area contributed by atoms with Gasteiger partial charge in [-0.05, 0) is 95.1 Å². The molecule has 1 aromatic rings. The normalized spacial score (nSPS) is 11.7. The average molecular weight is 624 g/mol. The summed E-state index contributed by atoms with van der Waals surface area (Å²) >= 11 is 0. The predicted octanol–water partition coefficient (Wildman–Crippen LogP) is 6.15. The van der Waals surface area contributed by atoms with Gasteiger partial charge in [0.1, 0.15) is 42.1 Å². The van der Waals surface area contributed by atoms with Gasteiger partial charge in [0, 0.05) is 12.8 Å². The molecule has 0 aliphatic heterocycles. The first-order valence-corrected chi connectivity index (χ1v) is 14.7. The highest BCUT2D eigenvalue weighted by atomic mass is 16.6. The fraction of sp³-hybridized carbons (Fsp3) is 0.667. The van der Waals surface area contributed by atoms with Crippen molar-refractivity contribution in [3.63, 3.8) is 0 Å². The molecule has 0 saturated heterocycles. The second kappa shape index (κ2) is 17.6. The van der Waals surface area contributed by atoms with Crippen molar-refractivity contribution in [2.75, 3.05) is 13.1 Å². The van der Waals surface area contributed by atoms with E-state index in [0.29, 0.717) is 6.42 Å². The Labute approximate surface area is 262 Å². The standard InChI is InChI=1S/C20H29NO6.C13H24O4/c1-19(2,3)26-16(22)12-21(13-17(23)27-20(4,5)6)18(24)25-14-15-10-8-7-9-11-15;1-12(2,3)16-10(14)8-7-9-11(15)17-13(4,5)6/h7-11H,12-14H2,1-6H3;7-9H2,1-6H3. The van der Waals surface area contributed by atoms with Crippen molar-refractivity contribution < 1.29 is 47.7 Å². The molecule has 0 radical (unpaired) electrons. The molecule has 0 aliphatic rings. The van der Waals surface area contributed by atoms with Gasteiger partial charge in [0.25, 0.3) is 0 Å². The summed E-state index contributed by atoms with van der Waals surface area (Å²) in [4.78, 5) is 60.3. The van der Waals surface area contributed by atoms with Crippen LogP contribution in [0.5, 0.6) is 0 Å². The highest BCUT2D eigenvalue weighted by Crippen LogP contribution is 2.13. The summed E-state index contributed by atoms with van der Waals surface area (Å²) in [6, 6.07) is 9.10. The summed E-state index contributed by atoms with van der Waals surface area (Å²) in [5.74, 6) is -1.83. The van der Waals surface area contributed by atoms with E-state index in [-0.39, 0.29) is 31.4 Å². The van der Waals surface area contributed by atoms with Crippen molar-refractivity contribution >= 4 is 30.0 Å². The van der Waals surface area contributed by atoms with Crippen LogP contribution in [0.3, 0.4) is 0 Å². The monoisotopic (exact) mass is 623 g/mol. The zero-order valence-electron chi connectivity index (χ0n) is 28.7. The van der Waals surface area contributed by atoms with Crippen LogP contribution in [0.15, 0.2) is 30.3 Å². The smallest absolute Gasteiger partial charge is 0.411 e. The molecule has 1 aromatic carbocycles. The molecule has 11 heteroatoms. The molecule has 0 fully saturated rings. The molecule has 11 nitrogen and oxygen atoms in total. The molecule has 1 amide bonds. The van der Waals surface area contributed by atoms with Gasteiger partial charge < -0.3 is 23.7 Å². The minimum Gasteiger partial charge on any atom is -0.460 e. The molecule has 0 aliphatic carbocycles. The minimum atomic E-state index is -0.796. The van der Waals surface area contributed by atoms with E-state index >= 15 is 0 Å². The number of ether oxygens (including phenoxy) is 5. The van der Waals surface area contributed by atoms with Crippen LogP contribution in [0.1, 0.15) is 108 Å². The van der Waals surface area contributed by atoms with Gasteiger partial charge in [0.05, 0.1) is 0 Å². The zero-order chi connectivity index (χ0) is 34.4. The van der Waals surface area contributed by atoms with Crippen molar-refractivity contribution in [3.05, 3.63) is 35.9 Å². The first kappa shape index (κ1) is 40.4. The summed E-state index contributed by atoms with van der Waals surface area (Å²) in [5, 5.41) is 0. The van der Waals surface area contributed by atoms with Gasteiger partial charge in [0.15, 0.2) is 0 Å². The Morgan fingerprint density at radius 1 is 0.545 bits per heavy atom. The molecule has 44 heavy (non-hydrogen) atoms. The van der Waals surface area contributed by atoms with Gasteiger partial charge in [0.2, 0.25) is 0 Å². The fourth-order valence-corrected chi connectivity index (χ4v) is 3.22. The van der Waals surface area contributed by atoms with Gasteiger partial charge in [-0.15, -0.1) is 0 Å². The maximum Gasteiger partial charge on any atom is 0.411 e. The van der Waals surface area contributed by atoms with Crippen LogP contribution < -0.4 is 0 Å². The molecule has 0 saturated carbocycles. The lowest BCUT2D eigenvalue weighted by Crippen LogP contribution is -2.43. The first-order valence-electron chi connectivity index (χ1n) is 14.7. The third-order valence-electron chi connectivity index (χ3n) is 4.55. The summed E-state index contributed by atoms with van der Waals surface area (Å²) in [6.07, 6.45) is 0.159. The number of carbonyl (C=O) groups is 5. The molecule has 0 bridgehead atoms. The SMILES string of the molecule is CC(C)(C)OC(=O)CCCC(=O)OC(C)(C)C.CC(C)(C)OC(=O)CN(CC(=O)OC(C)(C)C)C(=O)OCc1ccccc1. The lowest BCUT2D eigenvalue weighted by Gasteiger charge is -2.26. The van der Waals surface area contributed by atoms with E-state index in [1.807, 2.05) is 59.7 Å². The maximum atomic E-state index is 12.4. The van der Waals surface area contributed by atoms with Crippen molar-refractivity contribution in [2.24, 2.45) is 0 Å². The molecule has 0 N–H and O–H groups in total. The van der Waals surface area contributed by atoms with Crippen LogP contribution in [-0.2, 0) is 49.5 Å². The summed E-state index contributed by atoms with van der Waals surface area (Å²) < 4.78 is 25.9. The Kier molecular flexibility index (Phi) is 16.2. The van der Waals surface area contributed by atoms with Gasteiger partial charge in [-0.2, -0.15) is 0 Å². The molecular formula is C33H53NO10. The number of rotatable bonds is 10. The zero-order valence-corrected chi connectivity index (χ0v) is 28.7. The third-order valence-corrected chi connectivity index (χ3v) is 4.55. The van der Waals surface area contributed by atoms with Gasteiger partial charge in [-0.1, -0.05) is 30.3 Å². The third kappa shape index (κ3) is 23.9. The molecule has 0 heterocycles. The number of carbonyl (C=O) groups excluding carboxylic acids is 5. The van der Waals surface area contributed by atoms with Gasteiger partial charge >= 0.3 is 30.0 Å². The summed E-state index contributed by atoms with van der Waals surface area (Å²) in [5.41, 5.74) is -1.56. The number of hydrogen-bond acceptors (Lipinski definition) is 10. The number of benzene rings is 1. The van der Waals surface area contributed by atoms with E-state index in [2.05, 4.69) is 0 Å². The molecular weight excluding hydrogens is 570 g/mol. The van der Waals surface area contributed by atoms with E-state index in [1.165, 1.54) is 0 Å². The molecule has 250 valence electrons. The van der Waals surface area contributed by atoms with Crippen LogP contribution in [0.4, 0.5) is 4.79 Å². The maximum absolute atomic E-state index is 12.4. The van der Waals surface area contributed by atoms with Crippen LogP contribution >= 0.6 is 0 Å². The molecule has 1 rings (SSSR count). The Morgan fingerprint density at radius 3 is 1.23 bits per heavy atom. The average Bonchev–Trinajstić information content (AvgIpc) is 2.78. The number of esters is 4. The summed E-state index contributed by atoms with van der Waals surface area (Å²) in [7, 11) is 0. The predicted molar refractivity (Wildman–Crippen MR) is 165 cm³/mol. The summed E-state index contributed by atoms with van der Waals surface area (Å²) in [6.45, 7) is 20.4. The second-order valence-electron chi connectivity index (χ2n) is 14.1.